The summed E-state index contributed by atoms with van der Waals surface area (Å²) in [4.78, 5) is 13.1. The number of alkyl halides is 3. The van der Waals surface area contributed by atoms with Crippen molar-refractivity contribution in [2.45, 2.75) is 36.6 Å². The zero-order valence-corrected chi connectivity index (χ0v) is 20.8. The molecule has 0 aromatic heterocycles. The fourth-order valence-corrected chi connectivity index (χ4v) is 4.06. The van der Waals surface area contributed by atoms with Gasteiger partial charge in [0.1, 0.15) is 6.17 Å². The Morgan fingerprint density at radius 2 is 1.50 bits per heavy atom. The van der Waals surface area contributed by atoms with Crippen LogP contribution in [0.25, 0.3) is 10.8 Å². The largest absolute Gasteiger partial charge is 0.339 e. The number of hydrogen-bond acceptors (Lipinski definition) is 2. The van der Waals surface area contributed by atoms with Gasteiger partial charge in [0.15, 0.2) is 5.11 Å². The van der Waals surface area contributed by atoms with Gasteiger partial charge in [-0.3, -0.25) is 4.79 Å². The van der Waals surface area contributed by atoms with E-state index in [1.165, 1.54) is 0 Å². The zero-order chi connectivity index (χ0) is 23.3. The molecule has 1 unspecified atom stereocenters. The Hall–Kier alpha value is -2.05. The minimum atomic E-state index is -1.84. The van der Waals surface area contributed by atoms with E-state index >= 15 is 0 Å². The van der Waals surface area contributed by atoms with Crippen molar-refractivity contribution in [1.82, 2.24) is 10.6 Å². The van der Waals surface area contributed by atoms with Gasteiger partial charge in [-0.05, 0) is 53.0 Å². The molecule has 0 radical (unpaired) electrons. The first kappa shape index (κ1) is 24.6. The van der Waals surface area contributed by atoms with Crippen LogP contribution in [0, 0.1) is 0 Å². The first-order valence-corrected chi connectivity index (χ1v) is 11.8. The van der Waals surface area contributed by atoms with Crippen molar-refractivity contribution in [3.05, 3.63) is 77.4 Å². The van der Waals surface area contributed by atoms with Crippen molar-refractivity contribution in [3.63, 3.8) is 0 Å². The van der Waals surface area contributed by atoms with Gasteiger partial charge in [0.25, 0.3) is 5.91 Å². The Morgan fingerprint density at radius 1 is 0.906 bits per heavy atom. The molecule has 0 spiro atoms. The number of nitrogens with one attached hydrogen (secondary N) is 3. The average Bonchev–Trinajstić information content (AvgIpc) is 2.77. The molecule has 0 saturated heterocycles. The average molecular weight is 509 g/mol. The highest BCUT2D eigenvalue weighted by molar-refractivity contribution is 7.80. The minimum absolute atomic E-state index is 0.246. The Kier molecular flexibility index (Phi) is 8.23. The molecule has 3 aromatic carbocycles. The van der Waals surface area contributed by atoms with Crippen LogP contribution in [-0.4, -0.2) is 21.0 Å². The maximum atomic E-state index is 13.1. The topological polar surface area (TPSA) is 53.2 Å². The van der Waals surface area contributed by atoms with E-state index < -0.39 is 9.96 Å². The SMILES string of the molecule is CCc1cccc(CC)c1NC(=S)NC(NC(=O)c1cccc2ccccc12)C(Cl)(Cl)Cl. The number of hydrogen-bond donors (Lipinski definition) is 3. The van der Waals surface area contributed by atoms with Gasteiger partial charge in [-0.1, -0.05) is 103 Å². The lowest BCUT2D eigenvalue weighted by atomic mass is 10.0. The van der Waals surface area contributed by atoms with E-state index in [1.807, 2.05) is 54.6 Å². The summed E-state index contributed by atoms with van der Waals surface area (Å²) in [5.41, 5.74) is 3.66. The third kappa shape index (κ3) is 5.84. The second-order valence-electron chi connectivity index (χ2n) is 7.23. The highest BCUT2D eigenvalue weighted by Gasteiger charge is 2.35. The van der Waals surface area contributed by atoms with Crippen molar-refractivity contribution >= 4 is 74.5 Å². The van der Waals surface area contributed by atoms with E-state index in [0.29, 0.717) is 5.56 Å². The third-order valence-electron chi connectivity index (χ3n) is 5.15. The van der Waals surface area contributed by atoms with Crippen molar-refractivity contribution in [2.75, 3.05) is 5.32 Å². The molecule has 0 fully saturated rings. The molecule has 0 bridgehead atoms. The van der Waals surface area contributed by atoms with Gasteiger partial charge in [0.2, 0.25) is 3.79 Å². The molecule has 0 aliphatic carbocycles. The van der Waals surface area contributed by atoms with Crippen molar-refractivity contribution < 1.29 is 4.79 Å². The molecule has 1 atom stereocenters. The van der Waals surface area contributed by atoms with Crippen LogP contribution in [0.1, 0.15) is 35.3 Å². The van der Waals surface area contributed by atoms with Crippen LogP contribution in [0.4, 0.5) is 5.69 Å². The molecule has 3 rings (SSSR count). The minimum Gasteiger partial charge on any atom is -0.339 e. The summed E-state index contributed by atoms with van der Waals surface area (Å²) in [6.45, 7) is 4.15. The molecule has 32 heavy (non-hydrogen) atoms. The van der Waals surface area contributed by atoms with Gasteiger partial charge in [-0.15, -0.1) is 0 Å². The van der Waals surface area contributed by atoms with Crippen LogP contribution in [0.5, 0.6) is 0 Å². The van der Waals surface area contributed by atoms with Gasteiger partial charge in [0, 0.05) is 11.3 Å². The van der Waals surface area contributed by atoms with E-state index in [2.05, 4.69) is 29.8 Å². The Balaban J connectivity index is 1.81. The molecule has 168 valence electrons. The summed E-state index contributed by atoms with van der Waals surface area (Å²) in [5.74, 6) is -0.378. The molecule has 3 aromatic rings. The van der Waals surface area contributed by atoms with Crippen LogP contribution in [-0.2, 0) is 12.8 Å². The maximum Gasteiger partial charge on any atom is 0.253 e. The lowest BCUT2D eigenvalue weighted by molar-refractivity contribution is 0.0936. The maximum absolute atomic E-state index is 13.1. The van der Waals surface area contributed by atoms with Gasteiger partial charge in [-0.25, -0.2) is 0 Å². The van der Waals surface area contributed by atoms with E-state index in [4.69, 9.17) is 47.0 Å². The predicted octanol–water partition coefficient (Wildman–Crippen LogP) is 6.38. The lowest BCUT2D eigenvalue weighted by Gasteiger charge is -2.28. The highest BCUT2D eigenvalue weighted by atomic mass is 35.6. The van der Waals surface area contributed by atoms with Crippen LogP contribution in [0.15, 0.2) is 60.7 Å². The van der Waals surface area contributed by atoms with Gasteiger partial charge < -0.3 is 16.0 Å². The number of fused-ring (bicyclic) bond motifs is 1. The number of amides is 1. The quantitative estimate of drug-likeness (QED) is 0.205. The zero-order valence-electron chi connectivity index (χ0n) is 17.7. The first-order chi connectivity index (χ1) is 15.2. The molecule has 0 aliphatic rings. The lowest BCUT2D eigenvalue weighted by Crippen LogP contribution is -2.56. The summed E-state index contributed by atoms with van der Waals surface area (Å²) >= 11 is 24.0. The van der Waals surface area contributed by atoms with Gasteiger partial charge >= 0.3 is 0 Å². The summed E-state index contributed by atoms with van der Waals surface area (Å²) < 4.78 is -1.84. The van der Waals surface area contributed by atoms with Crippen LogP contribution < -0.4 is 16.0 Å². The molecule has 0 saturated carbocycles. The predicted molar refractivity (Wildman–Crippen MR) is 140 cm³/mol. The number of para-hydroxylation sites is 1. The molecule has 0 heterocycles. The summed E-state index contributed by atoms with van der Waals surface area (Å²) in [5, 5.41) is 10.9. The fourth-order valence-electron chi connectivity index (χ4n) is 3.52. The summed E-state index contributed by atoms with van der Waals surface area (Å²) in [6.07, 6.45) is 0.618. The molecule has 8 heteroatoms. The number of rotatable bonds is 6. The Bertz CT molecular complexity index is 1100. The highest BCUT2D eigenvalue weighted by Crippen LogP contribution is 2.30. The fraction of sp³-hybridized carbons (Fsp3) is 0.250. The first-order valence-electron chi connectivity index (χ1n) is 10.3. The monoisotopic (exact) mass is 507 g/mol. The van der Waals surface area contributed by atoms with Crippen molar-refractivity contribution in [3.8, 4) is 0 Å². The van der Waals surface area contributed by atoms with E-state index in [0.717, 1.165) is 40.4 Å². The second-order valence-corrected chi connectivity index (χ2v) is 10.0. The van der Waals surface area contributed by atoms with E-state index in [9.17, 15) is 4.79 Å². The number of aryl methyl sites for hydroxylation is 2. The number of halogens is 3. The number of carbonyl (C=O) groups is 1. The molecule has 4 nitrogen and oxygen atoms in total. The number of carbonyl (C=O) groups excluding carboxylic acids is 1. The van der Waals surface area contributed by atoms with Gasteiger partial charge in [-0.2, -0.15) is 0 Å². The standard InChI is InChI=1S/C24H24Cl3N3OS/c1-3-15-10-7-11-16(4-2)20(15)28-23(32)30-22(24(25,26)27)29-21(31)19-14-8-12-17-9-5-6-13-18(17)19/h5-14,22H,3-4H2,1-2H3,(H,29,31)(H2,28,30,32). The molecule has 3 N–H and O–H groups in total. The molecular weight excluding hydrogens is 485 g/mol. The van der Waals surface area contributed by atoms with Crippen LogP contribution in [0.2, 0.25) is 0 Å². The molecule has 1 amide bonds. The van der Waals surface area contributed by atoms with Gasteiger partial charge in [0.05, 0.1) is 0 Å². The van der Waals surface area contributed by atoms with E-state index in [1.54, 1.807) is 6.07 Å². The smallest absolute Gasteiger partial charge is 0.253 e. The second kappa shape index (κ2) is 10.7. The van der Waals surface area contributed by atoms with Crippen molar-refractivity contribution in [2.24, 2.45) is 0 Å². The molecular formula is C24H24Cl3N3OS. The number of thiocarbonyl (C=S) groups is 1. The van der Waals surface area contributed by atoms with Crippen molar-refractivity contribution in [1.29, 1.82) is 0 Å². The van der Waals surface area contributed by atoms with E-state index in [-0.39, 0.29) is 11.0 Å². The normalized spacial score (nSPS) is 12.3. The number of anilines is 1. The van der Waals surface area contributed by atoms with Crippen LogP contribution in [0.3, 0.4) is 0 Å². The Morgan fingerprint density at radius 3 is 2.12 bits per heavy atom. The van der Waals surface area contributed by atoms with Crippen LogP contribution >= 0.6 is 47.0 Å². The molecule has 0 aliphatic heterocycles. The number of benzene rings is 3. The summed E-state index contributed by atoms with van der Waals surface area (Å²) in [6, 6.07) is 19.2. The third-order valence-corrected chi connectivity index (χ3v) is 6.02. The summed E-state index contributed by atoms with van der Waals surface area (Å²) in [7, 11) is 0. The Labute approximate surface area is 208 Å².